The van der Waals surface area contributed by atoms with Crippen LogP contribution >= 0.6 is 15.9 Å². The zero-order valence-electron chi connectivity index (χ0n) is 10.0. The van der Waals surface area contributed by atoms with Gasteiger partial charge in [-0.05, 0) is 30.7 Å². The van der Waals surface area contributed by atoms with Crippen molar-refractivity contribution in [1.82, 2.24) is 15.1 Å². The number of aromatic nitrogens is 2. The van der Waals surface area contributed by atoms with Crippen LogP contribution in [0.5, 0.6) is 0 Å². The molecule has 0 amide bonds. The minimum absolute atomic E-state index is 0.331. The maximum atomic E-state index is 4.15. The first kappa shape index (κ1) is 12.3. The van der Waals surface area contributed by atoms with Crippen molar-refractivity contribution in [1.29, 1.82) is 0 Å². The molecule has 2 aromatic rings. The minimum atomic E-state index is 0.331. The Morgan fingerprint density at radius 1 is 1.29 bits per heavy atom. The third-order valence-corrected chi connectivity index (χ3v) is 3.41. The number of hydrogen-bond acceptors (Lipinski definition) is 2. The highest BCUT2D eigenvalue weighted by atomic mass is 79.9. The van der Waals surface area contributed by atoms with Crippen molar-refractivity contribution in [3.05, 3.63) is 52.3 Å². The van der Waals surface area contributed by atoms with Gasteiger partial charge in [-0.25, -0.2) is 0 Å². The molecule has 1 unspecified atom stereocenters. The van der Waals surface area contributed by atoms with Crippen molar-refractivity contribution in [3.8, 4) is 0 Å². The van der Waals surface area contributed by atoms with Gasteiger partial charge in [-0.3, -0.25) is 4.68 Å². The van der Waals surface area contributed by atoms with E-state index in [1.807, 2.05) is 24.0 Å². The highest BCUT2D eigenvalue weighted by molar-refractivity contribution is 9.10. The third kappa shape index (κ3) is 3.17. The molecule has 1 heterocycles. The van der Waals surface area contributed by atoms with Crippen LogP contribution in [0.2, 0.25) is 0 Å². The Labute approximate surface area is 110 Å². The first-order valence-electron chi connectivity index (χ1n) is 5.62. The van der Waals surface area contributed by atoms with Crippen molar-refractivity contribution < 1.29 is 0 Å². The number of rotatable bonds is 4. The lowest BCUT2D eigenvalue weighted by Gasteiger charge is -2.14. The predicted octanol–water partition coefficient (Wildman–Crippen LogP) is 3.03. The van der Waals surface area contributed by atoms with Gasteiger partial charge in [0.2, 0.25) is 0 Å². The maximum Gasteiger partial charge on any atom is 0.0518 e. The summed E-state index contributed by atoms with van der Waals surface area (Å²) in [6.45, 7) is 2.99. The standard InChI is InChI=1S/C13H16BrN3/c1-10(11-3-5-12(14)6-4-11)15-9-13-7-8-16-17(13)2/h3-8,10,15H,9H2,1-2H3. The first-order chi connectivity index (χ1) is 8.16. The van der Waals surface area contributed by atoms with Gasteiger partial charge in [0, 0.05) is 30.3 Å². The number of hydrogen-bond donors (Lipinski definition) is 1. The van der Waals surface area contributed by atoms with E-state index in [1.54, 1.807) is 0 Å². The second-order valence-corrected chi connectivity index (χ2v) is 5.02. The van der Waals surface area contributed by atoms with Crippen molar-refractivity contribution in [2.75, 3.05) is 0 Å². The second kappa shape index (κ2) is 5.47. The van der Waals surface area contributed by atoms with Crippen molar-refractivity contribution in [2.24, 2.45) is 7.05 Å². The van der Waals surface area contributed by atoms with Gasteiger partial charge in [-0.15, -0.1) is 0 Å². The molecule has 2 rings (SSSR count). The summed E-state index contributed by atoms with van der Waals surface area (Å²) >= 11 is 3.44. The van der Waals surface area contributed by atoms with Crippen LogP contribution in [0.1, 0.15) is 24.2 Å². The fourth-order valence-corrected chi connectivity index (χ4v) is 1.97. The summed E-state index contributed by atoms with van der Waals surface area (Å²) in [6.07, 6.45) is 1.82. The number of aryl methyl sites for hydroxylation is 1. The molecule has 3 nitrogen and oxygen atoms in total. The quantitative estimate of drug-likeness (QED) is 0.939. The lowest BCUT2D eigenvalue weighted by atomic mass is 10.1. The lowest BCUT2D eigenvalue weighted by molar-refractivity contribution is 0.548. The molecule has 0 radical (unpaired) electrons. The van der Waals surface area contributed by atoms with E-state index in [-0.39, 0.29) is 0 Å². The molecule has 4 heteroatoms. The SMILES string of the molecule is CC(NCc1ccnn1C)c1ccc(Br)cc1. The Morgan fingerprint density at radius 3 is 2.59 bits per heavy atom. The highest BCUT2D eigenvalue weighted by Gasteiger charge is 2.05. The Kier molecular flexibility index (Phi) is 3.97. The van der Waals surface area contributed by atoms with Crippen LogP contribution in [0.4, 0.5) is 0 Å². The van der Waals surface area contributed by atoms with Crippen LogP contribution in [0, 0.1) is 0 Å². The van der Waals surface area contributed by atoms with Gasteiger partial charge < -0.3 is 5.32 Å². The average molecular weight is 294 g/mol. The number of nitrogens with zero attached hydrogens (tertiary/aromatic N) is 2. The zero-order chi connectivity index (χ0) is 12.3. The molecule has 17 heavy (non-hydrogen) atoms. The highest BCUT2D eigenvalue weighted by Crippen LogP contribution is 2.16. The lowest BCUT2D eigenvalue weighted by Crippen LogP contribution is -2.19. The summed E-state index contributed by atoms with van der Waals surface area (Å²) in [5.74, 6) is 0. The smallest absolute Gasteiger partial charge is 0.0518 e. The van der Waals surface area contributed by atoms with Gasteiger partial charge in [-0.2, -0.15) is 5.10 Å². The minimum Gasteiger partial charge on any atom is -0.305 e. The van der Waals surface area contributed by atoms with Gasteiger partial charge in [0.05, 0.1) is 5.69 Å². The summed E-state index contributed by atoms with van der Waals surface area (Å²) in [5, 5.41) is 7.63. The first-order valence-corrected chi connectivity index (χ1v) is 6.42. The monoisotopic (exact) mass is 293 g/mol. The van der Waals surface area contributed by atoms with E-state index in [1.165, 1.54) is 11.3 Å². The summed E-state index contributed by atoms with van der Waals surface area (Å²) in [6, 6.07) is 10.8. The molecule has 0 aliphatic heterocycles. The normalized spacial score (nSPS) is 12.6. The Bertz CT molecular complexity index is 476. The summed E-state index contributed by atoms with van der Waals surface area (Å²) in [7, 11) is 1.96. The molecule has 0 bridgehead atoms. The van der Waals surface area contributed by atoms with Crippen LogP contribution in [0.15, 0.2) is 41.0 Å². The van der Waals surface area contributed by atoms with Gasteiger partial charge in [0.15, 0.2) is 0 Å². The molecule has 0 aliphatic carbocycles. The Hall–Kier alpha value is -1.13. The van der Waals surface area contributed by atoms with Crippen molar-refractivity contribution in [3.63, 3.8) is 0 Å². The van der Waals surface area contributed by atoms with Crippen LogP contribution in [0.25, 0.3) is 0 Å². The van der Waals surface area contributed by atoms with E-state index in [0.29, 0.717) is 6.04 Å². The van der Waals surface area contributed by atoms with E-state index in [4.69, 9.17) is 0 Å². The molecule has 90 valence electrons. The largest absolute Gasteiger partial charge is 0.305 e. The molecule has 0 spiro atoms. The van der Waals surface area contributed by atoms with E-state index in [0.717, 1.165) is 11.0 Å². The number of nitrogens with one attached hydrogen (secondary N) is 1. The topological polar surface area (TPSA) is 29.9 Å². The van der Waals surface area contributed by atoms with Crippen molar-refractivity contribution >= 4 is 15.9 Å². The molecule has 0 fully saturated rings. The molecule has 0 saturated heterocycles. The average Bonchev–Trinajstić information content (AvgIpc) is 2.73. The number of benzene rings is 1. The third-order valence-electron chi connectivity index (χ3n) is 2.88. The molecule has 1 N–H and O–H groups in total. The Morgan fingerprint density at radius 2 is 2.00 bits per heavy atom. The van der Waals surface area contributed by atoms with E-state index in [2.05, 4.69) is 57.5 Å². The summed E-state index contributed by atoms with van der Waals surface area (Å²) in [5.41, 5.74) is 2.48. The van der Waals surface area contributed by atoms with Gasteiger partial charge in [0.25, 0.3) is 0 Å². The maximum absolute atomic E-state index is 4.15. The van der Waals surface area contributed by atoms with Gasteiger partial charge >= 0.3 is 0 Å². The van der Waals surface area contributed by atoms with Gasteiger partial charge in [0.1, 0.15) is 0 Å². The number of halogens is 1. The fraction of sp³-hybridized carbons (Fsp3) is 0.308. The Balaban J connectivity index is 1.95. The van der Waals surface area contributed by atoms with E-state index in [9.17, 15) is 0 Å². The fourth-order valence-electron chi connectivity index (χ4n) is 1.70. The molecular formula is C13H16BrN3. The summed E-state index contributed by atoms with van der Waals surface area (Å²) in [4.78, 5) is 0. The van der Waals surface area contributed by atoms with Crippen LogP contribution < -0.4 is 5.32 Å². The molecule has 0 saturated carbocycles. The second-order valence-electron chi connectivity index (χ2n) is 4.10. The molecule has 1 aromatic carbocycles. The van der Waals surface area contributed by atoms with Gasteiger partial charge in [-0.1, -0.05) is 28.1 Å². The molecule has 0 aliphatic rings. The summed E-state index contributed by atoms with van der Waals surface area (Å²) < 4.78 is 3.00. The van der Waals surface area contributed by atoms with Crippen LogP contribution in [0.3, 0.4) is 0 Å². The van der Waals surface area contributed by atoms with Crippen LogP contribution in [-0.4, -0.2) is 9.78 Å². The molecular weight excluding hydrogens is 278 g/mol. The van der Waals surface area contributed by atoms with Crippen LogP contribution in [-0.2, 0) is 13.6 Å². The predicted molar refractivity (Wildman–Crippen MR) is 72.6 cm³/mol. The van der Waals surface area contributed by atoms with Crippen molar-refractivity contribution in [2.45, 2.75) is 19.5 Å². The molecule has 1 atom stereocenters. The van der Waals surface area contributed by atoms with E-state index >= 15 is 0 Å². The molecule has 1 aromatic heterocycles. The van der Waals surface area contributed by atoms with E-state index < -0.39 is 0 Å². The zero-order valence-corrected chi connectivity index (χ0v) is 11.6.